The van der Waals surface area contributed by atoms with Crippen LogP contribution in [0.3, 0.4) is 0 Å². The number of thioether (sulfide) groups is 1. The summed E-state index contributed by atoms with van der Waals surface area (Å²) in [5, 5.41) is 3.22. The number of carbonyl (C=O) groups is 1. The standard InChI is InChI=1S/C11H18N4O3S2/c1-2-20(17,18)11-8-19-4-3-15(11)10(16)7-14-6-9(12)5-13-14/h5-6,11H,2-4,7-8,12H2,1H3. The largest absolute Gasteiger partial charge is 0.396 e. The number of anilines is 1. The van der Waals surface area contributed by atoms with E-state index in [1.807, 2.05) is 0 Å². The average Bonchev–Trinajstić information content (AvgIpc) is 2.84. The first-order chi connectivity index (χ1) is 9.44. The molecule has 0 radical (unpaired) electrons. The maximum absolute atomic E-state index is 12.3. The molecule has 1 saturated heterocycles. The van der Waals surface area contributed by atoms with Gasteiger partial charge in [0.15, 0.2) is 9.84 Å². The molecular weight excluding hydrogens is 300 g/mol. The molecule has 20 heavy (non-hydrogen) atoms. The number of hydrogen-bond acceptors (Lipinski definition) is 6. The highest BCUT2D eigenvalue weighted by Crippen LogP contribution is 2.21. The number of rotatable bonds is 4. The summed E-state index contributed by atoms with van der Waals surface area (Å²) in [4.78, 5) is 13.8. The maximum atomic E-state index is 12.3. The van der Waals surface area contributed by atoms with Gasteiger partial charge < -0.3 is 10.6 Å². The monoisotopic (exact) mass is 318 g/mol. The highest BCUT2D eigenvalue weighted by Gasteiger charge is 2.35. The van der Waals surface area contributed by atoms with Crippen molar-refractivity contribution >= 4 is 33.2 Å². The Labute approximate surface area is 122 Å². The topological polar surface area (TPSA) is 98.3 Å². The Morgan fingerprint density at radius 1 is 1.60 bits per heavy atom. The van der Waals surface area contributed by atoms with E-state index in [1.54, 1.807) is 24.9 Å². The maximum Gasteiger partial charge on any atom is 0.245 e. The minimum absolute atomic E-state index is 0.0115. The lowest BCUT2D eigenvalue weighted by molar-refractivity contribution is -0.132. The van der Waals surface area contributed by atoms with Gasteiger partial charge in [0, 0.05) is 30.0 Å². The van der Waals surface area contributed by atoms with E-state index in [1.165, 1.54) is 15.8 Å². The predicted molar refractivity (Wildman–Crippen MR) is 78.9 cm³/mol. The normalized spacial score (nSPS) is 20.1. The highest BCUT2D eigenvalue weighted by molar-refractivity contribution is 8.01. The summed E-state index contributed by atoms with van der Waals surface area (Å²) >= 11 is 1.56. The van der Waals surface area contributed by atoms with Crippen molar-refractivity contribution in [2.24, 2.45) is 0 Å². The molecule has 2 heterocycles. The van der Waals surface area contributed by atoms with Crippen LogP contribution in [0.25, 0.3) is 0 Å². The van der Waals surface area contributed by atoms with E-state index < -0.39 is 15.2 Å². The van der Waals surface area contributed by atoms with Crippen LogP contribution < -0.4 is 5.73 Å². The van der Waals surface area contributed by atoms with Crippen LogP contribution >= 0.6 is 11.8 Å². The number of hydrogen-bond donors (Lipinski definition) is 1. The summed E-state index contributed by atoms with van der Waals surface area (Å²) in [6, 6.07) is 0. The summed E-state index contributed by atoms with van der Waals surface area (Å²) in [7, 11) is -3.27. The minimum Gasteiger partial charge on any atom is -0.396 e. The Hall–Kier alpha value is -1.22. The highest BCUT2D eigenvalue weighted by atomic mass is 32.2. The van der Waals surface area contributed by atoms with Crippen LogP contribution in [0.15, 0.2) is 12.4 Å². The molecule has 1 atom stereocenters. The number of amides is 1. The Morgan fingerprint density at radius 3 is 2.95 bits per heavy atom. The first kappa shape index (κ1) is 15.2. The lowest BCUT2D eigenvalue weighted by Gasteiger charge is -2.34. The zero-order valence-corrected chi connectivity index (χ0v) is 12.9. The molecule has 2 rings (SSSR count). The van der Waals surface area contributed by atoms with Crippen molar-refractivity contribution in [3.05, 3.63) is 12.4 Å². The smallest absolute Gasteiger partial charge is 0.245 e. The van der Waals surface area contributed by atoms with E-state index in [0.717, 1.165) is 5.75 Å². The van der Waals surface area contributed by atoms with Gasteiger partial charge in [-0.25, -0.2) is 8.42 Å². The van der Waals surface area contributed by atoms with E-state index in [9.17, 15) is 13.2 Å². The molecule has 7 nitrogen and oxygen atoms in total. The Morgan fingerprint density at radius 2 is 2.35 bits per heavy atom. The fourth-order valence-electron chi connectivity index (χ4n) is 2.05. The number of nitrogens with zero attached hydrogens (tertiary/aromatic N) is 3. The van der Waals surface area contributed by atoms with Gasteiger partial charge in [0.05, 0.1) is 11.9 Å². The number of aromatic nitrogens is 2. The van der Waals surface area contributed by atoms with Gasteiger partial charge in [-0.2, -0.15) is 16.9 Å². The average molecular weight is 318 g/mol. The molecular formula is C11H18N4O3S2. The van der Waals surface area contributed by atoms with Crippen LogP contribution in [-0.4, -0.2) is 58.2 Å². The minimum atomic E-state index is -3.27. The molecule has 9 heteroatoms. The second-order valence-corrected chi connectivity index (χ2v) is 8.14. The van der Waals surface area contributed by atoms with Gasteiger partial charge in [-0.05, 0) is 0 Å². The summed E-state index contributed by atoms with van der Waals surface area (Å²) in [6.07, 6.45) is 3.01. The third-order valence-electron chi connectivity index (χ3n) is 3.17. The zero-order valence-electron chi connectivity index (χ0n) is 11.2. The quantitative estimate of drug-likeness (QED) is 0.825. The van der Waals surface area contributed by atoms with Crippen molar-refractivity contribution in [1.82, 2.24) is 14.7 Å². The van der Waals surface area contributed by atoms with Gasteiger partial charge in [0.1, 0.15) is 11.9 Å². The van der Waals surface area contributed by atoms with Crippen molar-refractivity contribution < 1.29 is 13.2 Å². The Balaban J connectivity index is 2.13. The van der Waals surface area contributed by atoms with Crippen LogP contribution in [0.4, 0.5) is 5.69 Å². The van der Waals surface area contributed by atoms with Crippen LogP contribution in [0, 0.1) is 0 Å². The van der Waals surface area contributed by atoms with Crippen LogP contribution in [0.1, 0.15) is 6.92 Å². The fraction of sp³-hybridized carbons (Fsp3) is 0.636. The number of nitrogen functional groups attached to an aromatic ring is 1. The van der Waals surface area contributed by atoms with Gasteiger partial charge in [0.2, 0.25) is 5.91 Å². The van der Waals surface area contributed by atoms with Crippen molar-refractivity contribution in [3.8, 4) is 0 Å². The van der Waals surface area contributed by atoms with Crippen LogP contribution in [-0.2, 0) is 21.2 Å². The molecule has 0 spiro atoms. The molecule has 112 valence electrons. The van der Waals surface area contributed by atoms with E-state index >= 15 is 0 Å². The third-order valence-corrected chi connectivity index (χ3v) is 6.46. The number of carbonyl (C=O) groups excluding carboxylic acids is 1. The van der Waals surface area contributed by atoms with Gasteiger partial charge in [-0.3, -0.25) is 9.48 Å². The molecule has 0 aliphatic carbocycles. The van der Waals surface area contributed by atoms with Gasteiger partial charge >= 0.3 is 0 Å². The molecule has 0 aromatic carbocycles. The van der Waals surface area contributed by atoms with Crippen molar-refractivity contribution in [2.45, 2.75) is 18.8 Å². The predicted octanol–water partition coefficient (Wildman–Crippen LogP) is -0.198. The van der Waals surface area contributed by atoms with E-state index in [2.05, 4.69) is 5.10 Å². The fourth-order valence-corrected chi connectivity index (χ4v) is 5.04. The van der Waals surface area contributed by atoms with Crippen LogP contribution in [0.5, 0.6) is 0 Å². The zero-order chi connectivity index (χ0) is 14.8. The van der Waals surface area contributed by atoms with Gasteiger partial charge in [-0.1, -0.05) is 6.92 Å². The molecule has 2 N–H and O–H groups in total. The van der Waals surface area contributed by atoms with Crippen molar-refractivity contribution in [2.75, 3.05) is 29.5 Å². The molecule has 0 bridgehead atoms. The molecule has 1 aromatic heterocycles. The van der Waals surface area contributed by atoms with Crippen molar-refractivity contribution in [3.63, 3.8) is 0 Å². The van der Waals surface area contributed by atoms with Crippen molar-refractivity contribution in [1.29, 1.82) is 0 Å². The summed E-state index contributed by atoms with van der Waals surface area (Å²) in [5.74, 6) is 0.984. The number of sulfone groups is 1. The molecule has 1 aliphatic rings. The second kappa shape index (κ2) is 6.04. The summed E-state index contributed by atoms with van der Waals surface area (Å²) in [6.45, 7) is 2.06. The molecule has 0 saturated carbocycles. The SMILES string of the molecule is CCS(=O)(=O)C1CSCCN1C(=O)Cn1cc(N)cn1. The Kier molecular flexibility index (Phi) is 4.59. The first-order valence-electron chi connectivity index (χ1n) is 6.30. The number of nitrogens with two attached hydrogens (primary N) is 1. The summed E-state index contributed by atoms with van der Waals surface area (Å²) < 4.78 is 25.6. The molecule has 1 aliphatic heterocycles. The van der Waals surface area contributed by atoms with E-state index in [0.29, 0.717) is 18.0 Å². The van der Waals surface area contributed by atoms with Gasteiger partial charge in [-0.15, -0.1) is 0 Å². The second-order valence-electron chi connectivity index (χ2n) is 4.54. The first-order valence-corrected chi connectivity index (χ1v) is 9.17. The van der Waals surface area contributed by atoms with E-state index in [4.69, 9.17) is 5.73 Å². The molecule has 1 amide bonds. The molecule has 1 fully saturated rings. The lowest BCUT2D eigenvalue weighted by Crippen LogP contribution is -2.51. The van der Waals surface area contributed by atoms with E-state index in [-0.39, 0.29) is 18.2 Å². The third kappa shape index (κ3) is 3.26. The Bertz CT molecular complexity index is 584. The molecule has 1 unspecified atom stereocenters. The summed E-state index contributed by atoms with van der Waals surface area (Å²) in [5.41, 5.74) is 6.02. The van der Waals surface area contributed by atoms with Crippen LogP contribution in [0.2, 0.25) is 0 Å². The van der Waals surface area contributed by atoms with Gasteiger partial charge in [0.25, 0.3) is 0 Å². The lowest BCUT2D eigenvalue weighted by atomic mass is 10.4. The molecule has 1 aromatic rings.